The smallest absolute Gasteiger partial charge is 0.0779 e. The van der Waals surface area contributed by atoms with Crippen LogP contribution in [0.1, 0.15) is 39.0 Å². The van der Waals surface area contributed by atoms with Gasteiger partial charge < -0.3 is 15.8 Å². The first-order valence-corrected chi connectivity index (χ1v) is 6.31. The molecule has 1 saturated carbocycles. The Balaban J connectivity index is 1.74. The zero-order valence-corrected chi connectivity index (χ0v) is 9.80. The van der Waals surface area contributed by atoms with Crippen LogP contribution in [0.3, 0.4) is 0 Å². The highest BCUT2D eigenvalue weighted by Gasteiger charge is 2.32. The molecule has 2 rings (SSSR count). The van der Waals surface area contributed by atoms with Crippen molar-refractivity contribution in [2.45, 2.75) is 50.7 Å². The summed E-state index contributed by atoms with van der Waals surface area (Å²) in [6.45, 7) is 4.86. The molecule has 0 bridgehead atoms. The summed E-state index contributed by atoms with van der Waals surface area (Å²) < 4.78 is 5.76. The van der Waals surface area contributed by atoms with Gasteiger partial charge in [0.2, 0.25) is 0 Å². The van der Waals surface area contributed by atoms with Crippen molar-refractivity contribution in [2.24, 2.45) is 11.7 Å². The van der Waals surface area contributed by atoms with Gasteiger partial charge in [-0.25, -0.2) is 0 Å². The van der Waals surface area contributed by atoms with E-state index in [4.69, 9.17) is 10.5 Å². The van der Waals surface area contributed by atoms with Gasteiger partial charge in [-0.1, -0.05) is 6.42 Å². The first kappa shape index (κ1) is 11.4. The van der Waals surface area contributed by atoms with Crippen molar-refractivity contribution in [1.29, 1.82) is 0 Å². The van der Waals surface area contributed by atoms with E-state index in [2.05, 4.69) is 12.2 Å². The monoisotopic (exact) mass is 212 g/mol. The van der Waals surface area contributed by atoms with Gasteiger partial charge in [0.05, 0.1) is 5.60 Å². The summed E-state index contributed by atoms with van der Waals surface area (Å²) in [5.41, 5.74) is 5.87. The fourth-order valence-corrected chi connectivity index (χ4v) is 2.61. The second kappa shape index (κ2) is 4.81. The Morgan fingerprint density at radius 3 is 2.73 bits per heavy atom. The summed E-state index contributed by atoms with van der Waals surface area (Å²) in [7, 11) is 0. The minimum absolute atomic E-state index is 0.0666. The molecule has 2 unspecified atom stereocenters. The van der Waals surface area contributed by atoms with E-state index in [0.29, 0.717) is 6.04 Å². The number of ether oxygens (including phenoxy) is 1. The van der Waals surface area contributed by atoms with E-state index < -0.39 is 0 Å². The summed E-state index contributed by atoms with van der Waals surface area (Å²) in [5.74, 6) is 0.819. The lowest BCUT2D eigenvalue weighted by Crippen LogP contribution is -2.50. The molecule has 0 radical (unpaired) electrons. The minimum Gasteiger partial charge on any atom is -0.374 e. The van der Waals surface area contributed by atoms with Gasteiger partial charge in [-0.05, 0) is 38.5 Å². The van der Waals surface area contributed by atoms with Gasteiger partial charge in [-0.3, -0.25) is 0 Å². The molecule has 3 heteroatoms. The lowest BCUT2D eigenvalue weighted by Gasteiger charge is -2.36. The van der Waals surface area contributed by atoms with E-state index >= 15 is 0 Å². The Bertz CT molecular complexity index is 198. The molecule has 2 aliphatic rings. The molecule has 0 aromatic heterocycles. The van der Waals surface area contributed by atoms with Crippen molar-refractivity contribution < 1.29 is 4.74 Å². The van der Waals surface area contributed by atoms with Crippen LogP contribution in [0.15, 0.2) is 0 Å². The first-order chi connectivity index (χ1) is 7.23. The van der Waals surface area contributed by atoms with Gasteiger partial charge in [0.15, 0.2) is 0 Å². The molecule has 1 heterocycles. The molecule has 0 spiro atoms. The SMILES string of the molecule is CC1(CNC(CN)C2CCC2)CCCO1. The van der Waals surface area contributed by atoms with Crippen molar-refractivity contribution in [3.63, 3.8) is 0 Å². The predicted octanol–water partition coefficient (Wildman–Crippen LogP) is 1.27. The van der Waals surface area contributed by atoms with Crippen LogP contribution in [-0.2, 0) is 4.74 Å². The molecule has 1 aliphatic heterocycles. The molecule has 3 N–H and O–H groups in total. The van der Waals surface area contributed by atoms with Gasteiger partial charge in [0, 0.05) is 25.7 Å². The van der Waals surface area contributed by atoms with Crippen LogP contribution in [-0.4, -0.2) is 31.3 Å². The summed E-state index contributed by atoms with van der Waals surface area (Å²) in [4.78, 5) is 0. The molecule has 2 atom stereocenters. The fourth-order valence-electron chi connectivity index (χ4n) is 2.61. The van der Waals surface area contributed by atoms with Crippen molar-refractivity contribution in [2.75, 3.05) is 19.7 Å². The molecule has 3 nitrogen and oxygen atoms in total. The van der Waals surface area contributed by atoms with Crippen molar-refractivity contribution in [1.82, 2.24) is 5.32 Å². The molecule has 2 fully saturated rings. The zero-order valence-electron chi connectivity index (χ0n) is 9.80. The van der Waals surface area contributed by atoms with Crippen LogP contribution in [0.4, 0.5) is 0 Å². The van der Waals surface area contributed by atoms with Gasteiger partial charge in [-0.15, -0.1) is 0 Å². The van der Waals surface area contributed by atoms with Crippen molar-refractivity contribution in [3.05, 3.63) is 0 Å². The first-order valence-electron chi connectivity index (χ1n) is 6.31. The molecule has 1 aliphatic carbocycles. The number of nitrogens with two attached hydrogens (primary N) is 1. The van der Waals surface area contributed by atoms with Crippen LogP contribution in [0, 0.1) is 5.92 Å². The maximum atomic E-state index is 5.81. The topological polar surface area (TPSA) is 47.3 Å². The molecule has 15 heavy (non-hydrogen) atoms. The molecular weight excluding hydrogens is 188 g/mol. The van der Waals surface area contributed by atoms with Crippen molar-refractivity contribution >= 4 is 0 Å². The minimum atomic E-state index is 0.0666. The Hall–Kier alpha value is -0.120. The lowest BCUT2D eigenvalue weighted by atomic mass is 9.79. The average molecular weight is 212 g/mol. The number of hydrogen-bond donors (Lipinski definition) is 2. The summed E-state index contributed by atoms with van der Waals surface area (Å²) >= 11 is 0. The average Bonchev–Trinajstić information content (AvgIpc) is 2.57. The highest BCUT2D eigenvalue weighted by Crippen LogP contribution is 2.30. The fraction of sp³-hybridized carbons (Fsp3) is 1.00. The Kier molecular flexibility index (Phi) is 3.65. The van der Waals surface area contributed by atoms with Crippen LogP contribution < -0.4 is 11.1 Å². The van der Waals surface area contributed by atoms with E-state index in [-0.39, 0.29) is 5.60 Å². The van der Waals surface area contributed by atoms with E-state index in [1.807, 2.05) is 0 Å². The lowest BCUT2D eigenvalue weighted by molar-refractivity contribution is 0.0159. The van der Waals surface area contributed by atoms with E-state index in [0.717, 1.165) is 25.6 Å². The third-order valence-corrected chi connectivity index (χ3v) is 4.01. The predicted molar refractivity (Wildman–Crippen MR) is 61.8 cm³/mol. The highest BCUT2D eigenvalue weighted by atomic mass is 16.5. The van der Waals surface area contributed by atoms with Gasteiger partial charge in [-0.2, -0.15) is 0 Å². The van der Waals surface area contributed by atoms with Crippen LogP contribution >= 0.6 is 0 Å². The Labute approximate surface area is 92.7 Å². The molecular formula is C12H24N2O. The standard InChI is InChI=1S/C12H24N2O/c1-12(6-3-7-15-12)9-14-11(8-13)10-4-2-5-10/h10-11,14H,2-9,13H2,1H3. The zero-order chi connectivity index (χ0) is 10.7. The van der Waals surface area contributed by atoms with E-state index in [1.54, 1.807) is 0 Å². The molecule has 88 valence electrons. The van der Waals surface area contributed by atoms with Gasteiger partial charge >= 0.3 is 0 Å². The molecule has 1 saturated heterocycles. The van der Waals surface area contributed by atoms with Gasteiger partial charge in [0.25, 0.3) is 0 Å². The number of nitrogens with one attached hydrogen (secondary N) is 1. The third-order valence-electron chi connectivity index (χ3n) is 4.01. The molecule has 0 aromatic rings. The number of rotatable bonds is 5. The molecule has 0 amide bonds. The second-order valence-corrected chi connectivity index (χ2v) is 5.32. The maximum absolute atomic E-state index is 5.81. The normalized spacial score (nSPS) is 34.0. The van der Waals surface area contributed by atoms with Crippen LogP contribution in [0.2, 0.25) is 0 Å². The summed E-state index contributed by atoms with van der Waals surface area (Å²) in [6.07, 6.45) is 6.48. The van der Waals surface area contributed by atoms with Crippen molar-refractivity contribution in [3.8, 4) is 0 Å². The highest BCUT2D eigenvalue weighted by molar-refractivity contribution is 4.88. The van der Waals surface area contributed by atoms with E-state index in [9.17, 15) is 0 Å². The van der Waals surface area contributed by atoms with E-state index in [1.165, 1.54) is 32.1 Å². The third kappa shape index (κ3) is 2.71. The Morgan fingerprint density at radius 1 is 1.47 bits per heavy atom. The molecule has 0 aromatic carbocycles. The van der Waals surface area contributed by atoms with Crippen LogP contribution in [0.5, 0.6) is 0 Å². The summed E-state index contributed by atoms with van der Waals surface area (Å²) in [5, 5.41) is 3.60. The second-order valence-electron chi connectivity index (χ2n) is 5.32. The van der Waals surface area contributed by atoms with Crippen LogP contribution in [0.25, 0.3) is 0 Å². The summed E-state index contributed by atoms with van der Waals surface area (Å²) in [6, 6.07) is 0.514. The quantitative estimate of drug-likeness (QED) is 0.721. The maximum Gasteiger partial charge on any atom is 0.0779 e. The largest absolute Gasteiger partial charge is 0.374 e. The Morgan fingerprint density at radius 2 is 2.27 bits per heavy atom. The number of hydrogen-bond acceptors (Lipinski definition) is 3. The van der Waals surface area contributed by atoms with Gasteiger partial charge in [0.1, 0.15) is 0 Å².